The van der Waals surface area contributed by atoms with Crippen molar-refractivity contribution in [3.8, 4) is 11.5 Å². The van der Waals surface area contributed by atoms with Gasteiger partial charge in [-0.15, -0.1) is 0 Å². The summed E-state index contributed by atoms with van der Waals surface area (Å²) in [6, 6.07) is 3.94. The van der Waals surface area contributed by atoms with Crippen LogP contribution in [0.2, 0.25) is 0 Å². The highest BCUT2D eigenvalue weighted by atomic mass is 19.3. The van der Waals surface area contributed by atoms with Gasteiger partial charge in [0, 0.05) is 12.0 Å². The van der Waals surface area contributed by atoms with E-state index >= 15 is 0 Å². The van der Waals surface area contributed by atoms with Crippen molar-refractivity contribution < 1.29 is 32.6 Å². The maximum Gasteiger partial charge on any atom is 0.387 e. The Hall–Kier alpha value is -2.18. The minimum atomic E-state index is -3.02. The zero-order valence-electron chi connectivity index (χ0n) is 11.7. The molecular weight excluding hydrogens is 286 g/mol. The zero-order valence-corrected chi connectivity index (χ0v) is 11.7. The van der Waals surface area contributed by atoms with Gasteiger partial charge in [0.15, 0.2) is 17.3 Å². The Labute approximate surface area is 120 Å². The van der Waals surface area contributed by atoms with Gasteiger partial charge in [-0.2, -0.15) is 8.78 Å². The number of ether oxygens (including phenoxy) is 3. The van der Waals surface area contributed by atoms with Crippen LogP contribution < -0.4 is 9.47 Å². The highest BCUT2D eigenvalue weighted by Gasteiger charge is 2.15. The van der Waals surface area contributed by atoms with E-state index in [4.69, 9.17) is 9.47 Å². The molecule has 0 aliphatic rings. The number of halogens is 2. The standard InChI is InChI=1S/C14H16F2O5/c1-3-20-13(18)7-5-10(17)9-4-6-11(19-2)12(8-9)21-14(15)16/h4,6,8,14H,3,5,7H2,1-2H3. The fraction of sp³-hybridized carbons (Fsp3) is 0.429. The van der Waals surface area contributed by atoms with E-state index in [-0.39, 0.29) is 42.3 Å². The quantitative estimate of drug-likeness (QED) is 0.546. The minimum Gasteiger partial charge on any atom is -0.493 e. The van der Waals surface area contributed by atoms with Crippen LogP contribution in [0.15, 0.2) is 18.2 Å². The molecule has 0 aromatic heterocycles. The molecule has 0 N–H and O–H groups in total. The maximum atomic E-state index is 12.3. The van der Waals surface area contributed by atoms with E-state index in [1.54, 1.807) is 6.92 Å². The van der Waals surface area contributed by atoms with E-state index in [1.807, 2.05) is 0 Å². The smallest absolute Gasteiger partial charge is 0.387 e. The number of benzene rings is 1. The van der Waals surface area contributed by atoms with Crippen LogP contribution in [0.3, 0.4) is 0 Å². The van der Waals surface area contributed by atoms with Gasteiger partial charge in [-0.25, -0.2) is 0 Å². The number of esters is 1. The van der Waals surface area contributed by atoms with Gasteiger partial charge in [0.05, 0.1) is 20.1 Å². The highest BCUT2D eigenvalue weighted by molar-refractivity contribution is 5.98. The second kappa shape index (κ2) is 8.18. The molecule has 0 heterocycles. The summed E-state index contributed by atoms with van der Waals surface area (Å²) in [6.07, 6.45) is -0.136. The van der Waals surface area contributed by atoms with Gasteiger partial charge < -0.3 is 14.2 Å². The van der Waals surface area contributed by atoms with E-state index in [1.165, 1.54) is 25.3 Å². The van der Waals surface area contributed by atoms with Crippen molar-refractivity contribution >= 4 is 11.8 Å². The molecule has 0 saturated carbocycles. The second-order valence-corrected chi connectivity index (χ2v) is 3.97. The summed E-state index contributed by atoms with van der Waals surface area (Å²) in [7, 11) is 1.30. The monoisotopic (exact) mass is 302 g/mol. The fourth-order valence-electron chi connectivity index (χ4n) is 1.63. The Balaban J connectivity index is 2.78. The number of Topliss-reactive ketones (excluding diaryl/α,β-unsaturated/α-hetero) is 1. The van der Waals surface area contributed by atoms with Crippen LogP contribution in [-0.2, 0) is 9.53 Å². The number of carbonyl (C=O) groups is 2. The first-order chi connectivity index (χ1) is 9.97. The molecule has 0 fully saturated rings. The van der Waals surface area contributed by atoms with E-state index in [9.17, 15) is 18.4 Å². The highest BCUT2D eigenvalue weighted by Crippen LogP contribution is 2.30. The molecule has 1 aromatic carbocycles. The Bertz CT molecular complexity index is 502. The van der Waals surface area contributed by atoms with Crippen molar-refractivity contribution in [2.24, 2.45) is 0 Å². The Kier molecular flexibility index (Phi) is 6.58. The molecule has 1 rings (SSSR count). The van der Waals surface area contributed by atoms with Crippen LogP contribution in [0, 0.1) is 0 Å². The third-order valence-corrected chi connectivity index (χ3v) is 2.56. The molecule has 116 valence electrons. The molecule has 21 heavy (non-hydrogen) atoms. The molecule has 0 spiro atoms. The van der Waals surface area contributed by atoms with E-state index in [0.717, 1.165) is 0 Å². The molecule has 0 bridgehead atoms. The van der Waals surface area contributed by atoms with Crippen molar-refractivity contribution in [2.45, 2.75) is 26.4 Å². The number of ketones is 1. The van der Waals surface area contributed by atoms with Crippen molar-refractivity contribution in [2.75, 3.05) is 13.7 Å². The molecule has 0 saturated heterocycles. The van der Waals surface area contributed by atoms with Gasteiger partial charge in [0.25, 0.3) is 0 Å². The van der Waals surface area contributed by atoms with Gasteiger partial charge in [0.1, 0.15) is 0 Å². The summed E-state index contributed by atoms with van der Waals surface area (Å²) >= 11 is 0. The number of rotatable bonds is 8. The van der Waals surface area contributed by atoms with Gasteiger partial charge in [-0.1, -0.05) is 0 Å². The third kappa shape index (κ3) is 5.37. The van der Waals surface area contributed by atoms with Crippen LogP contribution in [0.1, 0.15) is 30.1 Å². The SMILES string of the molecule is CCOC(=O)CCC(=O)c1ccc(OC)c(OC(F)F)c1. The van der Waals surface area contributed by atoms with Crippen LogP contribution in [0.25, 0.3) is 0 Å². The van der Waals surface area contributed by atoms with Crippen molar-refractivity contribution in [1.82, 2.24) is 0 Å². The van der Waals surface area contributed by atoms with Crippen LogP contribution in [0.4, 0.5) is 8.78 Å². The second-order valence-electron chi connectivity index (χ2n) is 3.97. The summed E-state index contributed by atoms with van der Waals surface area (Å²) in [5, 5.41) is 0. The summed E-state index contributed by atoms with van der Waals surface area (Å²) in [5.41, 5.74) is 0.163. The van der Waals surface area contributed by atoms with Crippen molar-refractivity contribution in [3.63, 3.8) is 0 Å². The summed E-state index contributed by atoms with van der Waals surface area (Å²) in [5.74, 6) is -0.986. The predicted octanol–water partition coefficient (Wildman–Crippen LogP) is 2.82. The number of carbonyl (C=O) groups excluding carboxylic acids is 2. The van der Waals surface area contributed by atoms with E-state index in [2.05, 4.69) is 4.74 Å². The molecule has 0 atom stereocenters. The summed E-state index contributed by atoms with van der Waals surface area (Å²) in [6.45, 7) is -1.12. The first-order valence-electron chi connectivity index (χ1n) is 6.29. The van der Waals surface area contributed by atoms with Crippen molar-refractivity contribution in [1.29, 1.82) is 0 Å². The van der Waals surface area contributed by atoms with Gasteiger partial charge >= 0.3 is 12.6 Å². The van der Waals surface area contributed by atoms with Gasteiger partial charge in [-0.3, -0.25) is 9.59 Å². The third-order valence-electron chi connectivity index (χ3n) is 2.56. The normalized spacial score (nSPS) is 10.3. The molecule has 0 radical (unpaired) electrons. The number of hydrogen-bond acceptors (Lipinski definition) is 5. The molecule has 0 amide bonds. The average molecular weight is 302 g/mol. The number of methoxy groups -OCH3 is 1. The van der Waals surface area contributed by atoms with Crippen LogP contribution >= 0.6 is 0 Å². The lowest BCUT2D eigenvalue weighted by Gasteiger charge is -2.11. The fourth-order valence-corrected chi connectivity index (χ4v) is 1.63. The molecule has 1 aromatic rings. The number of alkyl halides is 2. The number of hydrogen-bond donors (Lipinski definition) is 0. The molecular formula is C14H16F2O5. The lowest BCUT2D eigenvalue weighted by molar-refractivity contribution is -0.143. The van der Waals surface area contributed by atoms with E-state index in [0.29, 0.717) is 0 Å². The summed E-state index contributed by atoms with van der Waals surface area (Å²) in [4.78, 5) is 23.1. The van der Waals surface area contributed by atoms with Crippen LogP contribution in [0.5, 0.6) is 11.5 Å². The molecule has 0 unspecified atom stereocenters. The van der Waals surface area contributed by atoms with Crippen molar-refractivity contribution in [3.05, 3.63) is 23.8 Å². The van der Waals surface area contributed by atoms with Gasteiger partial charge in [0.2, 0.25) is 0 Å². The Morgan fingerprint density at radius 1 is 1.19 bits per heavy atom. The topological polar surface area (TPSA) is 61.8 Å². The average Bonchev–Trinajstić information content (AvgIpc) is 2.44. The first-order valence-corrected chi connectivity index (χ1v) is 6.29. The molecule has 0 aliphatic carbocycles. The van der Waals surface area contributed by atoms with Gasteiger partial charge in [-0.05, 0) is 25.1 Å². The zero-order chi connectivity index (χ0) is 15.8. The first kappa shape index (κ1) is 16.9. The molecule has 7 heteroatoms. The lowest BCUT2D eigenvalue weighted by atomic mass is 10.1. The molecule has 5 nitrogen and oxygen atoms in total. The maximum absolute atomic E-state index is 12.3. The molecule has 0 aliphatic heterocycles. The summed E-state index contributed by atoms with van der Waals surface area (Å²) < 4.78 is 38.4. The lowest BCUT2D eigenvalue weighted by Crippen LogP contribution is -2.09. The Morgan fingerprint density at radius 2 is 1.90 bits per heavy atom. The van der Waals surface area contributed by atoms with E-state index < -0.39 is 12.6 Å². The Morgan fingerprint density at radius 3 is 2.48 bits per heavy atom. The predicted molar refractivity (Wildman–Crippen MR) is 69.8 cm³/mol. The largest absolute Gasteiger partial charge is 0.493 e. The van der Waals surface area contributed by atoms with Crippen LogP contribution in [-0.4, -0.2) is 32.1 Å². The minimum absolute atomic E-state index is 0.0657.